The van der Waals surface area contributed by atoms with Gasteiger partial charge in [-0.3, -0.25) is 4.90 Å². The number of ether oxygens (including phenoxy) is 1. The van der Waals surface area contributed by atoms with E-state index < -0.39 is 10.0 Å². The van der Waals surface area contributed by atoms with E-state index in [2.05, 4.69) is 11.8 Å². The van der Waals surface area contributed by atoms with Gasteiger partial charge in [0.15, 0.2) is 0 Å². The minimum atomic E-state index is -3.00. The summed E-state index contributed by atoms with van der Waals surface area (Å²) < 4.78 is 29.9. The molecule has 0 amide bonds. The van der Waals surface area contributed by atoms with Gasteiger partial charge in [0.25, 0.3) is 0 Å². The highest BCUT2D eigenvalue weighted by Gasteiger charge is 2.30. The van der Waals surface area contributed by atoms with Crippen LogP contribution in [-0.4, -0.2) is 69.3 Å². The maximum absolute atomic E-state index is 11.4. The van der Waals surface area contributed by atoms with Crippen LogP contribution in [-0.2, 0) is 14.8 Å². The third-order valence-electron chi connectivity index (χ3n) is 3.56. The van der Waals surface area contributed by atoms with Crippen molar-refractivity contribution >= 4 is 10.0 Å². The van der Waals surface area contributed by atoms with Crippen molar-refractivity contribution in [3.05, 3.63) is 0 Å². The Morgan fingerprint density at radius 2 is 2.06 bits per heavy atom. The molecule has 2 aliphatic heterocycles. The molecule has 17 heavy (non-hydrogen) atoms. The van der Waals surface area contributed by atoms with Gasteiger partial charge in [0.2, 0.25) is 10.0 Å². The summed E-state index contributed by atoms with van der Waals surface area (Å²) in [6.45, 7) is 7.19. The minimum Gasteiger partial charge on any atom is -0.376 e. The predicted octanol–water partition coefficient (Wildman–Crippen LogP) is -0.0114. The number of nitrogens with zero attached hydrogens (tertiary/aromatic N) is 2. The van der Waals surface area contributed by atoms with Crippen LogP contribution < -0.4 is 0 Å². The van der Waals surface area contributed by atoms with Crippen molar-refractivity contribution in [2.75, 3.05) is 45.6 Å². The predicted molar refractivity (Wildman–Crippen MR) is 66.4 cm³/mol. The van der Waals surface area contributed by atoms with Gasteiger partial charge in [-0.1, -0.05) is 0 Å². The summed E-state index contributed by atoms with van der Waals surface area (Å²) in [6.07, 6.45) is 2.58. The molecule has 2 atom stereocenters. The lowest BCUT2D eigenvalue weighted by atomic mass is 10.1. The first-order valence-electron chi connectivity index (χ1n) is 6.24. The van der Waals surface area contributed by atoms with E-state index in [1.54, 1.807) is 4.31 Å². The van der Waals surface area contributed by atoms with E-state index in [-0.39, 0.29) is 0 Å². The summed E-state index contributed by atoms with van der Waals surface area (Å²) in [5.41, 5.74) is 0. The summed E-state index contributed by atoms with van der Waals surface area (Å²) in [5.74, 6) is 0.482. The minimum absolute atomic E-state index is 0.302. The Bertz CT molecular complexity index is 358. The second-order valence-electron chi connectivity index (χ2n) is 5.22. The highest BCUT2D eigenvalue weighted by atomic mass is 32.2. The Labute approximate surface area is 104 Å². The molecule has 2 aliphatic rings. The summed E-state index contributed by atoms with van der Waals surface area (Å²) in [4.78, 5) is 2.39. The van der Waals surface area contributed by atoms with Crippen LogP contribution in [0.2, 0.25) is 0 Å². The molecule has 2 rings (SSSR count). The number of hydrogen-bond donors (Lipinski definition) is 0. The first kappa shape index (κ1) is 13.3. The average molecular weight is 262 g/mol. The maximum Gasteiger partial charge on any atom is 0.211 e. The summed E-state index contributed by atoms with van der Waals surface area (Å²) in [5, 5.41) is 0. The summed E-state index contributed by atoms with van der Waals surface area (Å²) >= 11 is 0. The van der Waals surface area contributed by atoms with Crippen LogP contribution in [0.4, 0.5) is 0 Å². The molecule has 0 aromatic carbocycles. The molecule has 100 valence electrons. The van der Waals surface area contributed by atoms with Crippen LogP contribution in [0, 0.1) is 5.92 Å². The Hall–Kier alpha value is -0.170. The fourth-order valence-electron chi connectivity index (χ4n) is 2.67. The molecule has 6 heteroatoms. The van der Waals surface area contributed by atoms with Gasteiger partial charge >= 0.3 is 0 Å². The molecule has 0 saturated carbocycles. The molecule has 0 spiro atoms. The molecule has 0 radical (unpaired) electrons. The van der Waals surface area contributed by atoms with Gasteiger partial charge in [0.05, 0.1) is 19.0 Å². The van der Waals surface area contributed by atoms with Crippen molar-refractivity contribution in [3.8, 4) is 0 Å². The van der Waals surface area contributed by atoms with Crippen LogP contribution in [0.25, 0.3) is 0 Å². The highest BCUT2D eigenvalue weighted by molar-refractivity contribution is 7.88. The SMILES string of the molecule is C[C@@H]1CN(C[C@@H]2CCN(S(C)(=O)=O)C2)CCO1. The molecular formula is C11H22N2O3S. The third kappa shape index (κ3) is 3.64. The first-order valence-corrected chi connectivity index (χ1v) is 8.09. The quantitative estimate of drug-likeness (QED) is 0.718. The Balaban J connectivity index is 1.81. The molecule has 2 saturated heterocycles. The monoisotopic (exact) mass is 262 g/mol. The molecule has 0 aromatic heterocycles. The fourth-order valence-corrected chi connectivity index (χ4v) is 3.59. The standard InChI is InChI=1S/C11H22N2O3S/c1-10-7-12(5-6-16-10)8-11-3-4-13(9-11)17(2,14)15/h10-11H,3-9H2,1-2H3/t10-,11+/m1/s1. The molecule has 0 bridgehead atoms. The molecule has 0 N–H and O–H groups in total. The van der Waals surface area contributed by atoms with Crippen LogP contribution >= 0.6 is 0 Å². The fraction of sp³-hybridized carbons (Fsp3) is 1.00. The van der Waals surface area contributed by atoms with E-state index in [0.29, 0.717) is 25.1 Å². The summed E-state index contributed by atoms with van der Waals surface area (Å²) in [6, 6.07) is 0. The van der Waals surface area contributed by atoms with Crippen LogP contribution in [0.3, 0.4) is 0 Å². The van der Waals surface area contributed by atoms with Gasteiger partial charge < -0.3 is 4.74 Å². The van der Waals surface area contributed by atoms with Crippen LogP contribution in [0.5, 0.6) is 0 Å². The molecule has 0 aromatic rings. The average Bonchev–Trinajstić information content (AvgIpc) is 2.65. The summed E-state index contributed by atoms with van der Waals surface area (Å²) in [7, 11) is -3.00. The van der Waals surface area contributed by atoms with E-state index >= 15 is 0 Å². The van der Waals surface area contributed by atoms with E-state index in [1.165, 1.54) is 6.26 Å². The normalized spacial score (nSPS) is 33.1. The van der Waals surface area contributed by atoms with Gasteiger partial charge in [-0.15, -0.1) is 0 Å². The van der Waals surface area contributed by atoms with Crippen molar-refractivity contribution < 1.29 is 13.2 Å². The zero-order valence-electron chi connectivity index (χ0n) is 10.6. The largest absolute Gasteiger partial charge is 0.376 e. The van der Waals surface area contributed by atoms with E-state index in [0.717, 1.165) is 32.7 Å². The number of rotatable bonds is 3. The van der Waals surface area contributed by atoms with Crippen molar-refractivity contribution in [1.82, 2.24) is 9.21 Å². The Morgan fingerprint density at radius 3 is 2.65 bits per heavy atom. The lowest BCUT2D eigenvalue weighted by Gasteiger charge is -2.32. The van der Waals surface area contributed by atoms with Crippen LogP contribution in [0.15, 0.2) is 0 Å². The molecule has 2 heterocycles. The Morgan fingerprint density at radius 1 is 1.29 bits per heavy atom. The van der Waals surface area contributed by atoms with E-state index in [1.807, 2.05) is 0 Å². The first-order chi connectivity index (χ1) is 7.95. The number of sulfonamides is 1. The molecule has 5 nitrogen and oxygen atoms in total. The van der Waals surface area contributed by atoms with Gasteiger partial charge in [-0.05, 0) is 19.3 Å². The second-order valence-corrected chi connectivity index (χ2v) is 7.20. The van der Waals surface area contributed by atoms with E-state index in [4.69, 9.17) is 4.74 Å². The van der Waals surface area contributed by atoms with Crippen molar-refractivity contribution in [1.29, 1.82) is 0 Å². The molecule has 0 unspecified atom stereocenters. The number of morpholine rings is 1. The van der Waals surface area contributed by atoms with Crippen molar-refractivity contribution in [2.45, 2.75) is 19.4 Å². The zero-order valence-corrected chi connectivity index (χ0v) is 11.4. The highest BCUT2D eigenvalue weighted by Crippen LogP contribution is 2.20. The maximum atomic E-state index is 11.4. The van der Waals surface area contributed by atoms with E-state index in [9.17, 15) is 8.42 Å². The number of hydrogen-bond acceptors (Lipinski definition) is 4. The van der Waals surface area contributed by atoms with Crippen molar-refractivity contribution in [2.24, 2.45) is 5.92 Å². The lowest BCUT2D eigenvalue weighted by molar-refractivity contribution is -0.0224. The van der Waals surface area contributed by atoms with Crippen molar-refractivity contribution in [3.63, 3.8) is 0 Å². The third-order valence-corrected chi connectivity index (χ3v) is 4.83. The van der Waals surface area contributed by atoms with Crippen LogP contribution in [0.1, 0.15) is 13.3 Å². The smallest absolute Gasteiger partial charge is 0.211 e. The molecular weight excluding hydrogens is 240 g/mol. The van der Waals surface area contributed by atoms with Gasteiger partial charge in [0, 0.05) is 32.7 Å². The molecule has 0 aliphatic carbocycles. The van der Waals surface area contributed by atoms with Gasteiger partial charge in [-0.2, -0.15) is 0 Å². The van der Waals surface area contributed by atoms with Gasteiger partial charge in [0.1, 0.15) is 0 Å². The second kappa shape index (κ2) is 5.22. The van der Waals surface area contributed by atoms with Gasteiger partial charge in [-0.25, -0.2) is 12.7 Å². The Kier molecular flexibility index (Phi) is 4.07. The lowest BCUT2D eigenvalue weighted by Crippen LogP contribution is -2.43. The topological polar surface area (TPSA) is 49.9 Å². The zero-order chi connectivity index (χ0) is 12.5. The molecule has 2 fully saturated rings.